The summed E-state index contributed by atoms with van der Waals surface area (Å²) >= 11 is 0. The average Bonchev–Trinajstić information content (AvgIpc) is 2.73. The number of ether oxygens (including phenoxy) is 6. The fraction of sp³-hybridized carbons (Fsp3) is 1.00. The Labute approximate surface area is 113 Å². The van der Waals surface area contributed by atoms with Crippen molar-refractivity contribution in [2.24, 2.45) is 0 Å². The lowest BCUT2D eigenvalue weighted by molar-refractivity contribution is -0.221. The highest BCUT2D eigenvalue weighted by atomic mass is 16.8. The van der Waals surface area contributed by atoms with Gasteiger partial charge in [-0.05, 0) is 27.7 Å². The molecule has 0 N–H and O–H groups in total. The maximum atomic E-state index is 5.98. The molecule has 3 saturated heterocycles. The summed E-state index contributed by atoms with van der Waals surface area (Å²) in [5.41, 5.74) is 0. The quantitative estimate of drug-likeness (QED) is 0.712. The van der Waals surface area contributed by atoms with Crippen LogP contribution in [0.1, 0.15) is 27.7 Å². The van der Waals surface area contributed by atoms with Gasteiger partial charge in [0.05, 0.1) is 6.61 Å². The van der Waals surface area contributed by atoms with Crippen LogP contribution in [0.15, 0.2) is 0 Å². The zero-order valence-corrected chi connectivity index (χ0v) is 12.0. The molecule has 0 bridgehead atoms. The van der Waals surface area contributed by atoms with E-state index < -0.39 is 17.9 Å². The van der Waals surface area contributed by atoms with Gasteiger partial charge >= 0.3 is 0 Å². The standard InChI is InChI=1S/C13H22O6/c1-12(2)16-7-6-15-11(14-5)10-9(8(7)17-12)18-13(3,4)19-10/h7-11H,6H2,1-5H3/t7-,8-,9+,10-,11-/m1/s1. The first-order valence-corrected chi connectivity index (χ1v) is 6.67. The van der Waals surface area contributed by atoms with Crippen LogP contribution >= 0.6 is 0 Å². The van der Waals surface area contributed by atoms with E-state index in [9.17, 15) is 0 Å². The van der Waals surface area contributed by atoms with Gasteiger partial charge in [-0.15, -0.1) is 0 Å². The lowest BCUT2D eigenvalue weighted by Crippen LogP contribution is -2.44. The molecule has 0 unspecified atom stereocenters. The first-order chi connectivity index (χ1) is 8.81. The van der Waals surface area contributed by atoms with Crippen molar-refractivity contribution < 1.29 is 28.4 Å². The van der Waals surface area contributed by atoms with Crippen LogP contribution in [0.5, 0.6) is 0 Å². The minimum absolute atomic E-state index is 0.167. The molecule has 19 heavy (non-hydrogen) atoms. The summed E-state index contributed by atoms with van der Waals surface area (Å²) in [5, 5.41) is 0. The highest BCUT2D eigenvalue weighted by Gasteiger charge is 2.58. The zero-order chi connectivity index (χ0) is 13.8. The van der Waals surface area contributed by atoms with Gasteiger partial charge in [-0.3, -0.25) is 0 Å². The molecule has 3 aliphatic rings. The highest BCUT2D eigenvalue weighted by Crippen LogP contribution is 2.41. The molecular formula is C13H22O6. The molecule has 0 saturated carbocycles. The Hall–Kier alpha value is -0.240. The Morgan fingerprint density at radius 2 is 1.42 bits per heavy atom. The van der Waals surface area contributed by atoms with E-state index in [2.05, 4.69) is 0 Å². The largest absolute Gasteiger partial charge is 0.353 e. The summed E-state index contributed by atoms with van der Waals surface area (Å²) < 4.78 is 34.8. The van der Waals surface area contributed by atoms with Crippen molar-refractivity contribution in [1.29, 1.82) is 0 Å². The van der Waals surface area contributed by atoms with E-state index in [0.717, 1.165) is 0 Å². The minimum atomic E-state index is -0.673. The Kier molecular flexibility index (Phi) is 3.16. The molecule has 3 rings (SSSR count). The summed E-state index contributed by atoms with van der Waals surface area (Å²) in [7, 11) is 1.60. The maximum Gasteiger partial charge on any atom is 0.186 e. The first kappa shape index (κ1) is 13.7. The van der Waals surface area contributed by atoms with Crippen molar-refractivity contribution >= 4 is 0 Å². The molecule has 3 aliphatic heterocycles. The van der Waals surface area contributed by atoms with Gasteiger partial charge in [-0.25, -0.2) is 0 Å². The van der Waals surface area contributed by atoms with Crippen molar-refractivity contribution in [1.82, 2.24) is 0 Å². The van der Waals surface area contributed by atoms with E-state index in [-0.39, 0.29) is 24.4 Å². The van der Waals surface area contributed by atoms with Gasteiger partial charge < -0.3 is 28.4 Å². The lowest BCUT2D eigenvalue weighted by atomic mass is 10.0. The summed E-state index contributed by atoms with van der Waals surface area (Å²) in [5.74, 6) is -1.30. The number of rotatable bonds is 1. The van der Waals surface area contributed by atoms with Gasteiger partial charge in [0.25, 0.3) is 0 Å². The van der Waals surface area contributed by atoms with E-state index >= 15 is 0 Å². The molecule has 0 aromatic heterocycles. The van der Waals surface area contributed by atoms with Gasteiger partial charge in [-0.1, -0.05) is 0 Å². The van der Waals surface area contributed by atoms with Crippen molar-refractivity contribution in [3.8, 4) is 0 Å². The van der Waals surface area contributed by atoms with Crippen LogP contribution in [0.2, 0.25) is 0 Å². The summed E-state index contributed by atoms with van der Waals surface area (Å²) in [4.78, 5) is 0. The number of hydrogen-bond acceptors (Lipinski definition) is 6. The Morgan fingerprint density at radius 1 is 0.842 bits per heavy atom. The third kappa shape index (κ3) is 2.41. The van der Waals surface area contributed by atoms with Crippen molar-refractivity contribution in [3.63, 3.8) is 0 Å². The van der Waals surface area contributed by atoms with Crippen LogP contribution in [0.3, 0.4) is 0 Å². The molecule has 0 spiro atoms. The fourth-order valence-electron chi connectivity index (χ4n) is 3.04. The van der Waals surface area contributed by atoms with E-state index in [1.165, 1.54) is 0 Å². The third-order valence-corrected chi connectivity index (χ3v) is 3.63. The second-order valence-electron chi connectivity index (χ2n) is 6.14. The van der Waals surface area contributed by atoms with Crippen LogP contribution in [0.25, 0.3) is 0 Å². The van der Waals surface area contributed by atoms with E-state index in [4.69, 9.17) is 28.4 Å². The molecule has 0 radical (unpaired) electrons. The predicted octanol–water partition coefficient (Wildman–Crippen LogP) is 1.03. The van der Waals surface area contributed by atoms with Gasteiger partial charge in [0, 0.05) is 7.11 Å². The molecule has 110 valence electrons. The normalized spacial score (nSPS) is 47.5. The van der Waals surface area contributed by atoms with Crippen LogP contribution in [0, 0.1) is 0 Å². The van der Waals surface area contributed by atoms with Crippen molar-refractivity contribution in [2.75, 3.05) is 13.7 Å². The predicted molar refractivity (Wildman–Crippen MR) is 64.4 cm³/mol. The molecule has 3 fully saturated rings. The van der Waals surface area contributed by atoms with Crippen molar-refractivity contribution in [2.45, 2.75) is 70.0 Å². The van der Waals surface area contributed by atoms with E-state index in [0.29, 0.717) is 6.61 Å². The van der Waals surface area contributed by atoms with Gasteiger partial charge in [0.1, 0.15) is 24.4 Å². The summed E-state index contributed by atoms with van der Waals surface area (Å²) in [6.07, 6.45) is -1.41. The molecule has 0 aromatic carbocycles. The van der Waals surface area contributed by atoms with Crippen molar-refractivity contribution in [3.05, 3.63) is 0 Å². The highest BCUT2D eigenvalue weighted by molar-refractivity contribution is 4.98. The molecule has 6 heteroatoms. The maximum absolute atomic E-state index is 5.98. The van der Waals surface area contributed by atoms with Crippen LogP contribution in [-0.4, -0.2) is 56.0 Å². The smallest absolute Gasteiger partial charge is 0.186 e. The van der Waals surface area contributed by atoms with E-state index in [1.54, 1.807) is 7.11 Å². The molecule has 3 heterocycles. The van der Waals surface area contributed by atoms with Crippen LogP contribution < -0.4 is 0 Å². The number of fused-ring (bicyclic) bond motifs is 3. The number of hydrogen-bond donors (Lipinski definition) is 0. The fourth-order valence-corrected chi connectivity index (χ4v) is 3.04. The Bertz CT molecular complexity index is 355. The van der Waals surface area contributed by atoms with Gasteiger partial charge in [0.2, 0.25) is 0 Å². The summed E-state index contributed by atoms with van der Waals surface area (Å²) in [6.45, 7) is 7.96. The lowest BCUT2D eigenvalue weighted by Gasteiger charge is -2.25. The molecule has 5 atom stereocenters. The second-order valence-corrected chi connectivity index (χ2v) is 6.14. The molecular weight excluding hydrogens is 252 g/mol. The zero-order valence-electron chi connectivity index (χ0n) is 12.0. The van der Waals surface area contributed by atoms with E-state index in [1.807, 2.05) is 27.7 Å². The van der Waals surface area contributed by atoms with Crippen LogP contribution in [0.4, 0.5) is 0 Å². The topological polar surface area (TPSA) is 55.4 Å². The van der Waals surface area contributed by atoms with Gasteiger partial charge in [-0.2, -0.15) is 0 Å². The Balaban J connectivity index is 1.87. The average molecular weight is 274 g/mol. The second kappa shape index (κ2) is 4.38. The molecule has 0 aromatic rings. The number of methoxy groups -OCH3 is 1. The monoisotopic (exact) mass is 274 g/mol. The minimum Gasteiger partial charge on any atom is -0.353 e. The van der Waals surface area contributed by atoms with Crippen LogP contribution in [-0.2, 0) is 28.4 Å². The SMILES string of the molecule is CO[C@@H]1OC[C@H]2OC(C)(C)O[C@H]2[C@@H]2OC(C)(C)O[C@@H]12. The molecule has 6 nitrogen and oxygen atoms in total. The van der Waals surface area contributed by atoms with Gasteiger partial charge in [0.15, 0.2) is 17.9 Å². The molecule has 0 aliphatic carbocycles. The summed E-state index contributed by atoms with van der Waals surface area (Å²) in [6, 6.07) is 0. The third-order valence-electron chi connectivity index (χ3n) is 3.63. The Morgan fingerprint density at radius 3 is 2.11 bits per heavy atom. The first-order valence-electron chi connectivity index (χ1n) is 6.67. The molecule has 0 amide bonds.